The summed E-state index contributed by atoms with van der Waals surface area (Å²) in [5.41, 5.74) is 0. The van der Waals surface area contributed by atoms with Crippen molar-refractivity contribution in [3.8, 4) is 11.8 Å². The molecule has 0 fully saturated rings. The molecule has 0 aliphatic carbocycles. The molecule has 0 radical (unpaired) electrons. The summed E-state index contributed by atoms with van der Waals surface area (Å²) in [6.07, 6.45) is 0.232. The molecule has 0 heterocycles. The van der Waals surface area contributed by atoms with Crippen LogP contribution in [0.1, 0.15) is 33.6 Å². The van der Waals surface area contributed by atoms with E-state index in [9.17, 15) is 4.79 Å². The minimum atomic E-state index is -0.740. The predicted octanol–water partition coefficient (Wildman–Crippen LogP) is 1.76. The van der Waals surface area contributed by atoms with E-state index in [-0.39, 0.29) is 12.2 Å². The summed E-state index contributed by atoms with van der Waals surface area (Å²) in [6.45, 7) is 6.54. The minimum absolute atomic E-state index is 0.102. The smallest absolute Gasteiger partial charge is 0.218 e. The van der Waals surface area contributed by atoms with E-state index in [2.05, 4.69) is 11.8 Å². The van der Waals surface area contributed by atoms with E-state index in [0.29, 0.717) is 13.2 Å². The van der Waals surface area contributed by atoms with Gasteiger partial charge in [0.2, 0.25) is 12.1 Å². The van der Waals surface area contributed by atoms with Crippen molar-refractivity contribution in [1.29, 1.82) is 0 Å². The van der Waals surface area contributed by atoms with Gasteiger partial charge in [-0.2, -0.15) is 0 Å². The quantitative estimate of drug-likeness (QED) is 0.482. The molecular weight excluding hydrogens is 180 g/mol. The van der Waals surface area contributed by atoms with Crippen LogP contribution in [0.2, 0.25) is 0 Å². The molecule has 0 atom stereocenters. The SMILES string of the molecule is CCC#CCC(=O)C(OCC)OCC. The lowest BCUT2D eigenvalue weighted by atomic mass is 10.2. The largest absolute Gasteiger partial charge is 0.346 e. The van der Waals surface area contributed by atoms with E-state index in [1.807, 2.05) is 20.8 Å². The first-order valence-electron chi connectivity index (χ1n) is 4.97. The highest BCUT2D eigenvalue weighted by Gasteiger charge is 2.16. The van der Waals surface area contributed by atoms with Crippen molar-refractivity contribution < 1.29 is 14.3 Å². The molecule has 0 aliphatic rings. The summed E-state index contributed by atoms with van der Waals surface area (Å²) in [5.74, 6) is 5.51. The second kappa shape index (κ2) is 8.74. The molecule has 14 heavy (non-hydrogen) atoms. The van der Waals surface area contributed by atoms with E-state index >= 15 is 0 Å². The molecule has 0 amide bonds. The van der Waals surface area contributed by atoms with Gasteiger partial charge in [0, 0.05) is 19.6 Å². The molecule has 3 heteroatoms. The van der Waals surface area contributed by atoms with Crippen molar-refractivity contribution in [2.24, 2.45) is 0 Å². The molecule has 0 bridgehead atoms. The second-order valence-corrected chi connectivity index (χ2v) is 2.59. The number of rotatable bonds is 6. The number of carbonyl (C=O) groups is 1. The van der Waals surface area contributed by atoms with Crippen LogP contribution in [0.3, 0.4) is 0 Å². The lowest BCUT2D eigenvalue weighted by Crippen LogP contribution is -2.27. The van der Waals surface area contributed by atoms with Gasteiger partial charge >= 0.3 is 0 Å². The van der Waals surface area contributed by atoms with Crippen LogP contribution in [-0.4, -0.2) is 25.3 Å². The maximum atomic E-state index is 11.4. The Bertz CT molecular complexity index is 206. The van der Waals surface area contributed by atoms with Gasteiger partial charge in [0.15, 0.2) is 0 Å². The van der Waals surface area contributed by atoms with Gasteiger partial charge in [0.1, 0.15) is 0 Å². The molecule has 0 aromatic carbocycles. The third kappa shape index (κ3) is 5.74. The topological polar surface area (TPSA) is 35.5 Å². The van der Waals surface area contributed by atoms with Gasteiger partial charge in [-0.25, -0.2) is 0 Å². The molecule has 0 saturated heterocycles. The lowest BCUT2D eigenvalue weighted by Gasteiger charge is -2.13. The fourth-order valence-corrected chi connectivity index (χ4v) is 0.895. The molecule has 3 nitrogen and oxygen atoms in total. The van der Waals surface area contributed by atoms with Crippen molar-refractivity contribution in [3.05, 3.63) is 0 Å². The van der Waals surface area contributed by atoms with Crippen molar-refractivity contribution >= 4 is 5.78 Å². The normalized spacial score (nSPS) is 9.71. The lowest BCUT2D eigenvalue weighted by molar-refractivity contribution is -0.166. The Labute approximate surface area is 85.8 Å². The fraction of sp³-hybridized carbons (Fsp3) is 0.727. The van der Waals surface area contributed by atoms with Crippen LogP contribution in [0.25, 0.3) is 0 Å². The Kier molecular flexibility index (Phi) is 8.20. The van der Waals surface area contributed by atoms with Gasteiger partial charge < -0.3 is 9.47 Å². The zero-order valence-corrected chi connectivity index (χ0v) is 9.13. The van der Waals surface area contributed by atoms with E-state index < -0.39 is 6.29 Å². The Hall–Kier alpha value is -0.850. The van der Waals surface area contributed by atoms with Gasteiger partial charge in [0.05, 0.1) is 6.42 Å². The van der Waals surface area contributed by atoms with Crippen LogP contribution in [-0.2, 0) is 14.3 Å². The van der Waals surface area contributed by atoms with Crippen LogP contribution in [0.5, 0.6) is 0 Å². The average Bonchev–Trinajstić information content (AvgIpc) is 2.18. The van der Waals surface area contributed by atoms with Gasteiger partial charge in [-0.3, -0.25) is 4.79 Å². The molecule has 0 aromatic rings. The van der Waals surface area contributed by atoms with Gasteiger partial charge in [0.25, 0.3) is 0 Å². The summed E-state index contributed by atoms with van der Waals surface area (Å²) in [5, 5.41) is 0. The van der Waals surface area contributed by atoms with Gasteiger partial charge in [-0.05, 0) is 13.8 Å². The highest BCUT2D eigenvalue weighted by molar-refractivity contribution is 5.84. The van der Waals surface area contributed by atoms with E-state index in [1.165, 1.54) is 0 Å². The number of carbonyl (C=O) groups excluding carboxylic acids is 1. The third-order valence-corrected chi connectivity index (χ3v) is 1.46. The van der Waals surface area contributed by atoms with Crippen LogP contribution in [0, 0.1) is 11.8 Å². The van der Waals surface area contributed by atoms with Crippen molar-refractivity contribution in [2.45, 2.75) is 39.9 Å². The summed E-state index contributed by atoms with van der Waals surface area (Å²) in [7, 11) is 0. The fourth-order valence-electron chi connectivity index (χ4n) is 0.895. The first kappa shape index (κ1) is 13.2. The number of ether oxygens (including phenoxy) is 2. The molecule has 0 saturated carbocycles. The number of hydrogen-bond acceptors (Lipinski definition) is 3. The summed E-state index contributed by atoms with van der Waals surface area (Å²) in [6, 6.07) is 0. The van der Waals surface area contributed by atoms with Crippen LogP contribution in [0.15, 0.2) is 0 Å². The molecule has 80 valence electrons. The maximum absolute atomic E-state index is 11.4. The number of hydrogen-bond donors (Lipinski definition) is 0. The first-order valence-corrected chi connectivity index (χ1v) is 4.97. The van der Waals surface area contributed by atoms with E-state index in [1.54, 1.807) is 0 Å². The number of ketones is 1. The minimum Gasteiger partial charge on any atom is -0.346 e. The highest BCUT2D eigenvalue weighted by Crippen LogP contribution is 1.99. The van der Waals surface area contributed by atoms with Crippen LogP contribution >= 0.6 is 0 Å². The monoisotopic (exact) mass is 198 g/mol. The van der Waals surface area contributed by atoms with E-state index in [0.717, 1.165) is 6.42 Å². The standard InChI is InChI=1S/C11H18O3/c1-4-7-8-9-10(12)11(13-5-2)14-6-3/h11H,4-6,9H2,1-3H3. The zero-order chi connectivity index (χ0) is 10.8. The second-order valence-electron chi connectivity index (χ2n) is 2.59. The molecule has 0 aliphatic heterocycles. The molecular formula is C11H18O3. The predicted molar refractivity (Wildman–Crippen MR) is 54.7 cm³/mol. The van der Waals surface area contributed by atoms with E-state index in [4.69, 9.17) is 9.47 Å². The highest BCUT2D eigenvalue weighted by atomic mass is 16.7. The van der Waals surface area contributed by atoms with Crippen molar-refractivity contribution in [1.82, 2.24) is 0 Å². The molecule has 0 N–H and O–H groups in total. The summed E-state index contributed by atoms with van der Waals surface area (Å²) in [4.78, 5) is 11.4. The Morgan fingerprint density at radius 3 is 2.14 bits per heavy atom. The molecule has 0 spiro atoms. The average molecular weight is 198 g/mol. The first-order chi connectivity index (χ1) is 6.76. The summed E-state index contributed by atoms with van der Waals surface area (Å²) < 4.78 is 10.3. The number of Topliss-reactive ketones (excluding diaryl/α,β-unsaturated/α-hetero) is 1. The maximum Gasteiger partial charge on any atom is 0.218 e. The molecule has 0 aromatic heterocycles. The van der Waals surface area contributed by atoms with Gasteiger partial charge in [-0.1, -0.05) is 12.8 Å². The Balaban J connectivity index is 4.00. The van der Waals surface area contributed by atoms with Crippen molar-refractivity contribution in [2.75, 3.05) is 13.2 Å². The third-order valence-electron chi connectivity index (χ3n) is 1.46. The molecule has 0 rings (SSSR count). The Morgan fingerprint density at radius 2 is 1.71 bits per heavy atom. The van der Waals surface area contributed by atoms with Gasteiger partial charge in [-0.15, -0.1) is 5.92 Å². The zero-order valence-electron chi connectivity index (χ0n) is 9.13. The Morgan fingerprint density at radius 1 is 1.14 bits per heavy atom. The van der Waals surface area contributed by atoms with Crippen molar-refractivity contribution in [3.63, 3.8) is 0 Å². The summed E-state index contributed by atoms with van der Waals surface area (Å²) >= 11 is 0. The van der Waals surface area contributed by atoms with Crippen LogP contribution in [0.4, 0.5) is 0 Å². The van der Waals surface area contributed by atoms with Crippen LogP contribution < -0.4 is 0 Å². The molecule has 0 unspecified atom stereocenters.